The molecule has 2 aliphatic rings. The molecule has 13 heteroatoms. The minimum Gasteiger partial charge on any atom is -0.347 e. The van der Waals surface area contributed by atoms with E-state index in [1.54, 1.807) is 29.0 Å². The summed E-state index contributed by atoms with van der Waals surface area (Å²) in [6.45, 7) is 5.57. The van der Waals surface area contributed by atoms with Crippen LogP contribution in [0.5, 0.6) is 0 Å². The third kappa shape index (κ3) is 6.34. The number of hydrogen-bond donors (Lipinski definition) is 3. The Morgan fingerprint density at radius 2 is 1.66 bits per heavy atom. The van der Waals surface area contributed by atoms with Crippen LogP contribution >= 0.6 is 0 Å². The summed E-state index contributed by atoms with van der Waals surface area (Å²) in [5.74, 6) is 0.385. The summed E-state index contributed by atoms with van der Waals surface area (Å²) >= 11 is 0. The molecule has 0 aliphatic carbocycles. The van der Waals surface area contributed by atoms with E-state index < -0.39 is 29.8 Å². The molecule has 218 valence electrons. The number of aromatic nitrogens is 2. The van der Waals surface area contributed by atoms with E-state index in [9.17, 15) is 26.3 Å². The van der Waals surface area contributed by atoms with Crippen molar-refractivity contribution in [3.8, 4) is 0 Å². The Kier molecular flexibility index (Phi) is 7.49. The number of aliphatic imine (C=N–C) groups is 1. The fourth-order valence-electron chi connectivity index (χ4n) is 4.71. The van der Waals surface area contributed by atoms with Gasteiger partial charge in [-0.15, -0.1) is 0 Å². The molecule has 0 spiro atoms. The topological polar surface area (TPSA) is 69.5 Å². The van der Waals surface area contributed by atoms with Gasteiger partial charge in [0.15, 0.2) is 6.29 Å². The van der Waals surface area contributed by atoms with E-state index >= 15 is 0 Å². The Bertz CT molecular complexity index is 1450. The van der Waals surface area contributed by atoms with Gasteiger partial charge in [-0.25, -0.2) is 4.99 Å². The lowest BCUT2D eigenvalue weighted by molar-refractivity contribution is -0.143. The first-order valence-electron chi connectivity index (χ1n) is 13.0. The molecule has 0 radical (unpaired) electrons. The van der Waals surface area contributed by atoms with Gasteiger partial charge in [0.05, 0.1) is 17.3 Å². The van der Waals surface area contributed by atoms with E-state index in [-0.39, 0.29) is 17.8 Å². The normalized spacial score (nSPS) is 17.7. The van der Waals surface area contributed by atoms with E-state index in [1.165, 1.54) is 5.56 Å². The van der Waals surface area contributed by atoms with Crippen molar-refractivity contribution in [3.05, 3.63) is 82.8 Å². The third-order valence-electron chi connectivity index (χ3n) is 6.91. The highest BCUT2D eigenvalue weighted by molar-refractivity contribution is 6.28. The molecule has 2 aromatic carbocycles. The summed E-state index contributed by atoms with van der Waals surface area (Å²) < 4.78 is 82.5. The second kappa shape index (κ2) is 10.8. The predicted octanol–water partition coefficient (Wildman–Crippen LogP) is 6.34. The molecule has 1 unspecified atom stereocenters. The van der Waals surface area contributed by atoms with Crippen LogP contribution in [0.15, 0.2) is 60.0 Å². The number of hydrogen-bond acceptors (Lipinski definition) is 6. The quantitative estimate of drug-likeness (QED) is 0.309. The first-order valence-corrected chi connectivity index (χ1v) is 13.0. The Morgan fingerprint density at radius 1 is 0.951 bits per heavy atom. The summed E-state index contributed by atoms with van der Waals surface area (Å²) in [5, 5.41) is 13.8. The van der Waals surface area contributed by atoms with Crippen LogP contribution in [0.3, 0.4) is 0 Å². The second-order valence-corrected chi connectivity index (χ2v) is 10.3. The molecule has 41 heavy (non-hydrogen) atoms. The van der Waals surface area contributed by atoms with Gasteiger partial charge >= 0.3 is 12.4 Å². The summed E-state index contributed by atoms with van der Waals surface area (Å²) in [6, 6.07) is 7.45. The van der Waals surface area contributed by atoms with Gasteiger partial charge in [0.1, 0.15) is 5.84 Å². The van der Waals surface area contributed by atoms with Crippen molar-refractivity contribution in [3.63, 3.8) is 0 Å². The van der Waals surface area contributed by atoms with Crippen LogP contribution in [0.1, 0.15) is 47.7 Å². The number of benzene rings is 2. The van der Waals surface area contributed by atoms with E-state index in [2.05, 4.69) is 21.0 Å². The minimum absolute atomic E-state index is 0.0986. The third-order valence-corrected chi connectivity index (χ3v) is 6.91. The second-order valence-electron chi connectivity index (χ2n) is 10.3. The Balaban J connectivity index is 1.52. The monoisotopic (exact) mass is 577 g/mol. The number of amidine groups is 1. The summed E-state index contributed by atoms with van der Waals surface area (Å²) in [6.07, 6.45) is -4.76. The number of halogens is 6. The number of anilines is 2. The average molecular weight is 578 g/mol. The van der Waals surface area contributed by atoms with Crippen molar-refractivity contribution < 1.29 is 26.3 Å². The Morgan fingerprint density at radius 3 is 2.29 bits per heavy atom. The first kappa shape index (κ1) is 28.5. The van der Waals surface area contributed by atoms with Crippen molar-refractivity contribution in [1.82, 2.24) is 20.0 Å². The summed E-state index contributed by atoms with van der Waals surface area (Å²) in [4.78, 5) is 6.28. The zero-order chi connectivity index (χ0) is 29.5. The number of alkyl halides is 6. The lowest BCUT2D eigenvalue weighted by atomic mass is 10.0. The zero-order valence-electron chi connectivity index (χ0n) is 22.5. The van der Waals surface area contributed by atoms with Gasteiger partial charge < -0.3 is 20.9 Å². The highest BCUT2D eigenvalue weighted by atomic mass is 19.4. The predicted molar refractivity (Wildman–Crippen MR) is 145 cm³/mol. The summed E-state index contributed by atoms with van der Waals surface area (Å²) in [7, 11) is 1.63. The molecule has 1 atom stereocenters. The van der Waals surface area contributed by atoms with E-state index in [4.69, 9.17) is 4.99 Å². The van der Waals surface area contributed by atoms with Gasteiger partial charge in [-0.1, -0.05) is 6.07 Å². The van der Waals surface area contributed by atoms with Gasteiger partial charge in [-0.2, -0.15) is 31.4 Å². The maximum absolute atomic E-state index is 13.4. The van der Waals surface area contributed by atoms with E-state index in [0.717, 1.165) is 29.8 Å². The molecule has 0 saturated carbocycles. The molecule has 7 nitrogen and oxygen atoms in total. The molecule has 2 aliphatic heterocycles. The highest BCUT2D eigenvalue weighted by Crippen LogP contribution is 2.38. The SMILES string of the molecule is CC(C)n1cc(C2=CN(C)C(Nc3cc(C(F)(F)F)cc(C(F)(F)F)c3)N=C2Nc2ccc3c(c2)CNCC3)cn1. The fourth-order valence-corrected chi connectivity index (χ4v) is 4.71. The molecule has 1 aromatic heterocycles. The first-order chi connectivity index (χ1) is 19.3. The van der Waals surface area contributed by atoms with E-state index in [1.807, 2.05) is 38.2 Å². The number of nitrogens with one attached hydrogen (secondary N) is 3. The number of fused-ring (bicyclic) bond motifs is 1. The van der Waals surface area contributed by atoms with Crippen LogP contribution in [-0.2, 0) is 25.3 Å². The van der Waals surface area contributed by atoms with Gasteiger partial charge in [-0.3, -0.25) is 4.68 Å². The molecule has 5 rings (SSSR count). The maximum atomic E-state index is 13.4. The van der Waals surface area contributed by atoms with Gasteiger partial charge in [0.25, 0.3) is 0 Å². The van der Waals surface area contributed by atoms with Crippen LogP contribution in [-0.4, -0.2) is 40.4 Å². The largest absolute Gasteiger partial charge is 0.416 e. The van der Waals surface area contributed by atoms with Crippen molar-refractivity contribution in [1.29, 1.82) is 0 Å². The van der Waals surface area contributed by atoms with Crippen LogP contribution in [0, 0.1) is 0 Å². The highest BCUT2D eigenvalue weighted by Gasteiger charge is 2.37. The lowest BCUT2D eigenvalue weighted by Gasteiger charge is -2.32. The van der Waals surface area contributed by atoms with Crippen LogP contribution in [0.2, 0.25) is 0 Å². The fraction of sp³-hybridized carbons (Fsp3) is 0.357. The zero-order valence-corrected chi connectivity index (χ0v) is 22.5. The van der Waals surface area contributed by atoms with Gasteiger partial charge in [0.2, 0.25) is 0 Å². The van der Waals surface area contributed by atoms with Crippen molar-refractivity contribution in [2.45, 2.75) is 51.5 Å². The lowest BCUT2D eigenvalue weighted by Crippen LogP contribution is -2.39. The standard InChI is InChI=1S/C28H29F6N7/c1-16(2)41-14-19(13-36-41)24-15-40(3)26(38-23-10-20(27(29,30)31)9-21(11-23)28(32,33)34)39-25(24)37-22-5-4-17-6-7-35-12-18(17)8-22/h4-5,8-11,13-16,26,35,38H,6-7,12H2,1-3H3,(H,37,39). The Hall–Kier alpha value is -4.00. The van der Waals surface area contributed by atoms with E-state index in [0.29, 0.717) is 30.1 Å². The van der Waals surface area contributed by atoms with Gasteiger partial charge in [0, 0.05) is 54.5 Å². The molecule has 3 heterocycles. The molecular formula is C28H29F6N7. The van der Waals surface area contributed by atoms with Crippen molar-refractivity contribution in [2.75, 3.05) is 24.2 Å². The molecule has 0 amide bonds. The number of nitrogens with zero attached hydrogens (tertiary/aromatic N) is 4. The van der Waals surface area contributed by atoms with Crippen LogP contribution in [0.25, 0.3) is 5.57 Å². The average Bonchev–Trinajstić information content (AvgIpc) is 3.40. The molecule has 0 saturated heterocycles. The Labute approximate surface area is 232 Å². The molecule has 0 bridgehead atoms. The molecule has 3 N–H and O–H groups in total. The maximum Gasteiger partial charge on any atom is 0.416 e. The van der Waals surface area contributed by atoms with Crippen LogP contribution in [0.4, 0.5) is 37.7 Å². The smallest absolute Gasteiger partial charge is 0.347 e. The number of rotatable bonds is 5. The summed E-state index contributed by atoms with van der Waals surface area (Å²) in [5.41, 5.74) is 1.34. The van der Waals surface area contributed by atoms with Crippen molar-refractivity contribution in [2.24, 2.45) is 4.99 Å². The molecular weight excluding hydrogens is 548 g/mol. The molecule has 0 fully saturated rings. The minimum atomic E-state index is -4.96. The van der Waals surface area contributed by atoms with Crippen molar-refractivity contribution >= 4 is 22.8 Å². The molecule has 3 aromatic rings. The van der Waals surface area contributed by atoms with Gasteiger partial charge in [-0.05, 0) is 68.3 Å². The van der Waals surface area contributed by atoms with Crippen LogP contribution < -0.4 is 16.0 Å².